The first-order valence-corrected chi connectivity index (χ1v) is 11.7. The number of aliphatic hydroxyl groups is 1. The second-order valence-corrected chi connectivity index (χ2v) is 10.1. The van der Waals surface area contributed by atoms with Crippen LogP contribution in [-0.2, 0) is 0 Å². The summed E-state index contributed by atoms with van der Waals surface area (Å²) in [4.78, 5) is 0. The average Bonchev–Trinajstić information content (AvgIpc) is 2.93. The van der Waals surface area contributed by atoms with Gasteiger partial charge in [0.2, 0.25) is 0 Å². The Bertz CT molecular complexity index is 1300. The molecule has 0 rings (SSSR count). The van der Waals surface area contributed by atoms with Crippen molar-refractivity contribution in [3.05, 3.63) is 0 Å². The Kier molecular flexibility index (Phi) is 12.0. The van der Waals surface area contributed by atoms with Crippen molar-refractivity contribution in [2.75, 3.05) is 6.61 Å². The van der Waals surface area contributed by atoms with Crippen molar-refractivity contribution >= 4 is 0 Å². The van der Waals surface area contributed by atoms with Crippen LogP contribution in [0.25, 0.3) is 0 Å². The van der Waals surface area contributed by atoms with Crippen LogP contribution >= 0.6 is 0 Å². The van der Waals surface area contributed by atoms with E-state index in [4.69, 9.17) is 5.11 Å². The third-order valence-corrected chi connectivity index (χ3v) is 6.59. The first-order chi connectivity index (χ1) is 22.3. The fourth-order valence-corrected chi connectivity index (χ4v) is 3.23. The van der Waals surface area contributed by atoms with E-state index in [0.29, 0.717) is 0 Å². The fourth-order valence-electron chi connectivity index (χ4n) is 3.23. The Morgan fingerprint density at radius 2 is 0.377 bits per heavy atom. The smallest absolute Gasteiger partial charge is 0.396 e. The summed E-state index contributed by atoms with van der Waals surface area (Å²) in [5.74, 6) is -142. The lowest BCUT2D eigenvalue weighted by Crippen LogP contribution is -2.80. The van der Waals surface area contributed by atoms with E-state index < -0.39 is 114 Å². The Hall–Kier alpha value is -2.35. The predicted octanol–water partition coefficient (Wildman–Crippen LogP) is 10.9. The second-order valence-electron chi connectivity index (χ2n) is 10.1. The Labute approximate surface area is 266 Å². The fraction of sp³-hybridized carbons (Fsp3) is 1.00. The summed E-state index contributed by atoms with van der Waals surface area (Å²) in [6.45, 7) is -1.83. The van der Waals surface area contributed by atoms with Gasteiger partial charge in [-0.2, -0.15) is 145 Å². The normalized spacial score (nSPS) is 17.1. The second kappa shape index (κ2) is 12.6. The molecule has 0 saturated heterocycles. The van der Waals surface area contributed by atoms with Gasteiger partial charge in [-0.15, -0.1) is 0 Å². The zero-order chi connectivity index (χ0) is 44.1. The van der Waals surface area contributed by atoms with Gasteiger partial charge in [-0.25, -0.2) is 0 Å². The number of hydrogen-bond donors (Lipinski definition) is 1. The molecule has 0 aliphatic carbocycles. The molecule has 0 radical (unpaired) electrons. The van der Waals surface area contributed by atoms with Gasteiger partial charge in [0.1, 0.15) is 0 Å². The van der Waals surface area contributed by atoms with E-state index in [9.17, 15) is 145 Å². The van der Waals surface area contributed by atoms with E-state index in [1.165, 1.54) is 0 Å². The van der Waals surface area contributed by atoms with E-state index in [1.54, 1.807) is 0 Å². The van der Waals surface area contributed by atoms with Crippen LogP contribution in [0.1, 0.15) is 12.8 Å². The number of hydrogen-bond acceptors (Lipinski definition) is 1. The third kappa shape index (κ3) is 5.95. The maximum absolute atomic E-state index is 13.9. The highest BCUT2D eigenvalue weighted by Crippen LogP contribution is 2.70. The van der Waals surface area contributed by atoms with E-state index in [-0.39, 0.29) is 0 Å². The molecule has 1 nitrogen and oxygen atoms in total. The molecule has 34 heteroatoms. The molecule has 0 aromatic heterocycles. The largest absolute Gasteiger partial charge is 0.460 e. The highest BCUT2D eigenvalue weighted by Gasteiger charge is 3.01. The monoisotopic (exact) mass is 878 g/mol. The number of aliphatic hydroxyl groups excluding tert-OH is 1. The van der Waals surface area contributed by atoms with Gasteiger partial charge in [-0.3, -0.25) is 0 Å². The number of rotatable bonds is 17. The minimum Gasteiger partial charge on any atom is -0.396 e. The summed E-state index contributed by atoms with van der Waals surface area (Å²) in [5, 5.41) is 8.18. The molecule has 0 saturated carbocycles. The Balaban J connectivity index is 7.68. The van der Waals surface area contributed by atoms with E-state index in [0.717, 1.165) is 0 Å². The van der Waals surface area contributed by atoms with Crippen LogP contribution in [0.5, 0.6) is 0 Å². The Morgan fingerprint density at radius 3 is 0.528 bits per heavy atom. The number of halogens is 33. The van der Waals surface area contributed by atoms with Gasteiger partial charge in [-0.1, -0.05) is 0 Å². The highest BCUT2D eigenvalue weighted by molar-refractivity contribution is 5.22. The molecule has 0 aromatic rings. The minimum absolute atomic E-state index is 1.83. The maximum atomic E-state index is 13.9. The van der Waals surface area contributed by atoms with Gasteiger partial charge in [0.25, 0.3) is 0 Å². The van der Waals surface area contributed by atoms with Crippen molar-refractivity contribution in [1.29, 1.82) is 0 Å². The molecule has 0 atom stereocenters. The first-order valence-electron chi connectivity index (χ1n) is 11.7. The van der Waals surface area contributed by atoms with Crippen molar-refractivity contribution in [3.63, 3.8) is 0 Å². The molecule has 0 aliphatic heterocycles. The molecule has 0 unspecified atom stereocenters. The molecular weight excluding hydrogens is 871 g/mol. The van der Waals surface area contributed by atoms with Crippen LogP contribution in [-0.4, -0.2) is 107 Å². The van der Waals surface area contributed by atoms with Gasteiger partial charge in [0.05, 0.1) is 0 Å². The summed E-state index contributed by atoms with van der Waals surface area (Å²) in [6.07, 6.45) is -13.4. The predicted molar refractivity (Wildman–Crippen MR) is 96.6 cm³/mol. The molecule has 0 amide bonds. The third-order valence-electron chi connectivity index (χ3n) is 6.59. The van der Waals surface area contributed by atoms with Crippen LogP contribution in [0.3, 0.4) is 0 Å². The highest BCUT2D eigenvalue weighted by atomic mass is 19.4. The molecule has 0 spiro atoms. The first kappa shape index (κ1) is 50.6. The van der Waals surface area contributed by atoms with Crippen LogP contribution in [0.2, 0.25) is 0 Å². The summed E-state index contributed by atoms with van der Waals surface area (Å²) in [6, 6.07) is 0. The molecule has 320 valence electrons. The SMILES string of the molecule is OCCCC(F)(F)C(F)(F)C(F)(F)C(F)(F)C(F)(F)C(F)(F)C(F)(F)C(F)(F)C(F)(F)C(F)(F)C(F)(F)C(F)(F)C(F)(F)C(F)(F)C(F)(F)C(F)(F)F. The zero-order valence-electron chi connectivity index (χ0n) is 23.0. The van der Waals surface area contributed by atoms with Gasteiger partial charge in [-0.05, 0) is 6.42 Å². The lowest BCUT2D eigenvalue weighted by Gasteiger charge is -2.47. The minimum atomic E-state index is -10.2. The molecule has 1 N–H and O–H groups in total. The van der Waals surface area contributed by atoms with Gasteiger partial charge in [0, 0.05) is 13.0 Å². The van der Waals surface area contributed by atoms with Crippen LogP contribution in [0, 0.1) is 0 Å². The molecule has 0 bridgehead atoms. The lowest BCUT2D eigenvalue weighted by molar-refractivity contribution is -0.491. The van der Waals surface area contributed by atoms with Crippen LogP contribution < -0.4 is 0 Å². The average molecular weight is 878 g/mol. The molecule has 0 aliphatic rings. The van der Waals surface area contributed by atoms with Crippen molar-refractivity contribution in [2.45, 2.75) is 108 Å². The van der Waals surface area contributed by atoms with Crippen molar-refractivity contribution in [1.82, 2.24) is 0 Å². The lowest BCUT2D eigenvalue weighted by atomic mass is 9.82. The molecule has 53 heavy (non-hydrogen) atoms. The Morgan fingerprint density at radius 1 is 0.226 bits per heavy atom. The van der Waals surface area contributed by atoms with E-state index >= 15 is 0 Å². The van der Waals surface area contributed by atoms with Crippen molar-refractivity contribution in [3.8, 4) is 0 Å². The molecule has 0 fully saturated rings. The van der Waals surface area contributed by atoms with Gasteiger partial charge in [0.15, 0.2) is 0 Å². The topological polar surface area (TPSA) is 20.2 Å². The standard InChI is InChI=1S/C19H7F33O/c20-4(21,2-1-3-53)5(22,23)6(24,25)7(26,27)8(28,29)9(30,31)10(32,33)11(34,35)12(36,37)13(38,39)14(40,41)15(42,43)16(44,45)17(46,47)18(48,49)19(50,51)52/h53H,1-3H2. The molecule has 0 heterocycles. The van der Waals surface area contributed by atoms with Gasteiger partial charge < -0.3 is 5.11 Å². The van der Waals surface area contributed by atoms with E-state index in [1.807, 2.05) is 0 Å². The maximum Gasteiger partial charge on any atom is 0.460 e. The summed E-state index contributed by atoms with van der Waals surface area (Å²) in [5.41, 5.74) is 0. The molecule has 0 aromatic carbocycles. The zero-order valence-corrected chi connectivity index (χ0v) is 23.0. The van der Waals surface area contributed by atoms with Gasteiger partial charge >= 0.3 is 95.0 Å². The van der Waals surface area contributed by atoms with Crippen LogP contribution in [0.4, 0.5) is 145 Å². The number of alkyl halides is 33. The van der Waals surface area contributed by atoms with Crippen molar-refractivity contribution in [2.24, 2.45) is 0 Å². The summed E-state index contributed by atoms with van der Waals surface area (Å²) >= 11 is 0. The summed E-state index contributed by atoms with van der Waals surface area (Å²) in [7, 11) is 0. The quantitative estimate of drug-likeness (QED) is 0.144. The van der Waals surface area contributed by atoms with E-state index in [2.05, 4.69) is 0 Å². The van der Waals surface area contributed by atoms with Crippen molar-refractivity contribution < 1.29 is 150 Å². The summed E-state index contributed by atoms with van der Waals surface area (Å²) < 4.78 is 444. The molecular formula is C19H7F33O. The van der Waals surface area contributed by atoms with Crippen LogP contribution in [0.15, 0.2) is 0 Å².